The Bertz CT molecular complexity index is 725. The van der Waals surface area contributed by atoms with Crippen molar-refractivity contribution in [3.05, 3.63) is 27.9 Å². The van der Waals surface area contributed by atoms with Crippen LogP contribution < -0.4 is 5.69 Å². The van der Waals surface area contributed by atoms with Gasteiger partial charge in [-0.05, 0) is 32.6 Å². The van der Waals surface area contributed by atoms with Crippen LogP contribution >= 0.6 is 0 Å². The minimum atomic E-state index is -0.00577. The third-order valence-corrected chi connectivity index (χ3v) is 4.74. The summed E-state index contributed by atoms with van der Waals surface area (Å²) in [6.07, 6.45) is 4.50. The standard InChI is InChI=1S/C15H20N4O/c1-9-6-19-14-12(8-18(9)7-11-3-4-11)10(2)16-5-13(14)17-15(19)20/h5,9,11H,3-4,6-8H2,1-2H3,(H,17,20)/t9-/m0/s1. The van der Waals surface area contributed by atoms with Gasteiger partial charge in [0.15, 0.2) is 0 Å². The molecule has 3 heterocycles. The molecule has 5 nitrogen and oxygen atoms in total. The van der Waals surface area contributed by atoms with Gasteiger partial charge in [0.2, 0.25) is 0 Å². The molecule has 0 aromatic carbocycles. The van der Waals surface area contributed by atoms with Gasteiger partial charge >= 0.3 is 5.69 Å². The van der Waals surface area contributed by atoms with Gasteiger partial charge in [-0.3, -0.25) is 14.5 Å². The van der Waals surface area contributed by atoms with E-state index in [0.29, 0.717) is 6.04 Å². The molecular formula is C15H20N4O. The summed E-state index contributed by atoms with van der Waals surface area (Å²) in [6.45, 7) is 7.09. The number of hydrogen-bond donors (Lipinski definition) is 1. The van der Waals surface area contributed by atoms with Gasteiger partial charge in [0.1, 0.15) is 0 Å². The van der Waals surface area contributed by atoms with Crippen LogP contribution in [0.25, 0.3) is 11.0 Å². The fraction of sp³-hybridized carbons (Fsp3) is 0.600. The number of pyridine rings is 1. The first-order valence-corrected chi connectivity index (χ1v) is 7.44. The van der Waals surface area contributed by atoms with E-state index in [0.717, 1.165) is 42.3 Å². The molecule has 0 radical (unpaired) electrons. The molecule has 0 unspecified atom stereocenters. The average Bonchev–Trinajstić information content (AvgIpc) is 3.18. The molecular weight excluding hydrogens is 252 g/mol. The second-order valence-electron chi connectivity index (χ2n) is 6.35. The van der Waals surface area contributed by atoms with Gasteiger partial charge in [-0.15, -0.1) is 0 Å². The summed E-state index contributed by atoms with van der Waals surface area (Å²) in [6, 6.07) is 0.388. The molecule has 0 bridgehead atoms. The van der Waals surface area contributed by atoms with Crippen molar-refractivity contribution in [3.8, 4) is 0 Å². The molecule has 5 heteroatoms. The normalized spacial score (nSPS) is 23.2. The Kier molecular flexibility index (Phi) is 2.54. The summed E-state index contributed by atoms with van der Waals surface area (Å²) in [5, 5.41) is 0. The van der Waals surface area contributed by atoms with Crippen molar-refractivity contribution in [2.24, 2.45) is 5.92 Å². The summed E-state index contributed by atoms with van der Waals surface area (Å²) in [4.78, 5) is 22.1. The van der Waals surface area contributed by atoms with Crippen LogP contribution in [0, 0.1) is 12.8 Å². The van der Waals surface area contributed by atoms with E-state index in [9.17, 15) is 4.79 Å². The first-order chi connectivity index (χ1) is 9.63. The summed E-state index contributed by atoms with van der Waals surface area (Å²) in [7, 11) is 0. The number of nitrogens with one attached hydrogen (secondary N) is 1. The van der Waals surface area contributed by atoms with Crippen molar-refractivity contribution in [1.29, 1.82) is 0 Å². The van der Waals surface area contributed by atoms with E-state index in [1.807, 2.05) is 11.5 Å². The Morgan fingerprint density at radius 3 is 3.00 bits per heavy atom. The SMILES string of the molecule is Cc1ncc2[nH]c(=O)n3c2c1CN(CC1CC1)[C@@H](C)C3. The topological polar surface area (TPSA) is 53.9 Å². The van der Waals surface area contributed by atoms with Crippen LogP contribution in [0.15, 0.2) is 11.0 Å². The Balaban J connectivity index is 1.86. The first-order valence-electron chi connectivity index (χ1n) is 7.44. The third-order valence-electron chi connectivity index (χ3n) is 4.74. The lowest BCUT2D eigenvalue weighted by Gasteiger charge is -2.27. The highest BCUT2D eigenvalue weighted by atomic mass is 16.1. The van der Waals surface area contributed by atoms with Gasteiger partial charge in [-0.25, -0.2) is 4.79 Å². The van der Waals surface area contributed by atoms with Gasteiger partial charge in [-0.2, -0.15) is 0 Å². The summed E-state index contributed by atoms with van der Waals surface area (Å²) in [5.41, 5.74) is 4.18. The van der Waals surface area contributed by atoms with Gasteiger partial charge in [-0.1, -0.05) is 0 Å². The quantitative estimate of drug-likeness (QED) is 0.904. The largest absolute Gasteiger partial charge is 0.326 e. The van der Waals surface area contributed by atoms with E-state index in [1.165, 1.54) is 18.4 Å². The number of aryl methyl sites for hydroxylation is 1. The molecule has 1 saturated carbocycles. The number of rotatable bonds is 2. The second-order valence-corrected chi connectivity index (χ2v) is 6.35. The molecule has 1 fully saturated rings. The van der Waals surface area contributed by atoms with Crippen LogP contribution in [0.1, 0.15) is 31.0 Å². The third kappa shape index (κ3) is 1.80. The predicted molar refractivity (Wildman–Crippen MR) is 77.7 cm³/mol. The number of aromatic nitrogens is 3. The molecule has 2 aliphatic rings. The van der Waals surface area contributed by atoms with Gasteiger partial charge in [0, 0.05) is 36.9 Å². The molecule has 0 amide bonds. The molecule has 1 aliphatic heterocycles. The highest BCUT2D eigenvalue weighted by molar-refractivity contribution is 5.79. The molecule has 106 valence electrons. The van der Waals surface area contributed by atoms with Crippen LogP contribution in [0.5, 0.6) is 0 Å². The van der Waals surface area contributed by atoms with Crippen molar-refractivity contribution in [3.63, 3.8) is 0 Å². The molecule has 2 aromatic rings. The van der Waals surface area contributed by atoms with E-state index in [2.05, 4.69) is 21.8 Å². The molecule has 2 aromatic heterocycles. The summed E-state index contributed by atoms with van der Waals surface area (Å²) < 4.78 is 1.90. The van der Waals surface area contributed by atoms with Gasteiger partial charge in [0.25, 0.3) is 0 Å². The fourth-order valence-corrected chi connectivity index (χ4v) is 3.30. The molecule has 1 aliphatic carbocycles. The predicted octanol–water partition coefficient (Wildman–Crippen LogP) is 1.65. The molecule has 1 atom stereocenters. The smallest absolute Gasteiger partial charge is 0.304 e. The van der Waals surface area contributed by atoms with Crippen LogP contribution in [0.2, 0.25) is 0 Å². The lowest BCUT2D eigenvalue weighted by Crippen LogP contribution is -2.37. The lowest BCUT2D eigenvalue weighted by molar-refractivity contribution is 0.180. The van der Waals surface area contributed by atoms with Crippen molar-refractivity contribution >= 4 is 11.0 Å². The Morgan fingerprint density at radius 2 is 2.25 bits per heavy atom. The molecule has 0 saturated heterocycles. The number of imidazole rings is 1. The van der Waals surface area contributed by atoms with Gasteiger partial charge < -0.3 is 4.98 Å². The summed E-state index contributed by atoms with van der Waals surface area (Å²) in [5.74, 6) is 0.862. The van der Waals surface area contributed by atoms with Crippen LogP contribution in [-0.2, 0) is 13.1 Å². The minimum absolute atomic E-state index is 0.00577. The van der Waals surface area contributed by atoms with E-state index in [1.54, 1.807) is 6.20 Å². The number of H-pyrrole nitrogens is 1. The first kappa shape index (κ1) is 12.1. The van der Waals surface area contributed by atoms with Crippen LogP contribution in [-0.4, -0.2) is 32.0 Å². The van der Waals surface area contributed by atoms with Crippen molar-refractivity contribution in [2.75, 3.05) is 6.54 Å². The van der Waals surface area contributed by atoms with E-state index in [-0.39, 0.29) is 5.69 Å². The average molecular weight is 272 g/mol. The number of aromatic amines is 1. The highest BCUT2D eigenvalue weighted by Crippen LogP contribution is 2.33. The Morgan fingerprint density at radius 1 is 1.45 bits per heavy atom. The van der Waals surface area contributed by atoms with E-state index < -0.39 is 0 Å². The minimum Gasteiger partial charge on any atom is -0.304 e. The maximum Gasteiger partial charge on any atom is 0.326 e. The van der Waals surface area contributed by atoms with Crippen molar-refractivity contribution in [2.45, 2.75) is 45.8 Å². The number of nitrogens with zero attached hydrogens (tertiary/aromatic N) is 3. The molecule has 20 heavy (non-hydrogen) atoms. The van der Waals surface area contributed by atoms with Gasteiger partial charge in [0.05, 0.1) is 17.2 Å². The summed E-state index contributed by atoms with van der Waals surface area (Å²) >= 11 is 0. The fourth-order valence-electron chi connectivity index (χ4n) is 3.30. The maximum atomic E-state index is 12.2. The second kappa shape index (κ2) is 4.19. The van der Waals surface area contributed by atoms with Crippen molar-refractivity contribution < 1.29 is 0 Å². The van der Waals surface area contributed by atoms with E-state index in [4.69, 9.17) is 0 Å². The maximum absolute atomic E-state index is 12.2. The molecule has 4 rings (SSSR count). The monoisotopic (exact) mass is 272 g/mol. The van der Waals surface area contributed by atoms with Crippen molar-refractivity contribution in [1.82, 2.24) is 19.4 Å². The zero-order valence-electron chi connectivity index (χ0n) is 12.0. The Labute approximate surface area is 117 Å². The van der Waals surface area contributed by atoms with E-state index >= 15 is 0 Å². The van der Waals surface area contributed by atoms with Crippen LogP contribution in [0.3, 0.4) is 0 Å². The highest BCUT2D eigenvalue weighted by Gasteiger charge is 2.30. The molecule has 0 spiro atoms. The molecule has 1 N–H and O–H groups in total. The zero-order chi connectivity index (χ0) is 13.9. The lowest BCUT2D eigenvalue weighted by atomic mass is 10.1. The Hall–Kier alpha value is -1.62. The van der Waals surface area contributed by atoms with Crippen LogP contribution in [0.4, 0.5) is 0 Å². The zero-order valence-corrected chi connectivity index (χ0v) is 12.0. The number of hydrogen-bond acceptors (Lipinski definition) is 3.